The summed E-state index contributed by atoms with van der Waals surface area (Å²) in [6.45, 7) is 4.84. The molecule has 0 aromatic heterocycles. The zero-order valence-electron chi connectivity index (χ0n) is 19.3. The summed E-state index contributed by atoms with van der Waals surface area (Å²) in [7, 11) is 0. The lowest BCUT2D eigenvalue weighted by atomic mass is 9.78. The maximum absolute atomic E-state index is 13.6. The predicted molar refractivity (Wildman–Crippen MR) is 130 cm³/mol. The Hall–Kier alpha value is -0.440. The first-order valence-corrected chi connectivity index (χ1v) is 14.7. The molecule has 0 aromatic carbocycles. The van der Waals surface area contributed by atoms with Gasteiger partial charge < -0.3 is 15.0 Å². The van der Waals surface area contributed by atoms with Crippen molar-refractivity contribution in [2.24, 2.45) is 17.8 Å². The summed E-state index contributed by atoms with van der Waals surface area (Å²) in [5.41, 5.74) is 0. The Balaban J connectivity index is 1.29. The molecule has 0 spiro atoms. The van der Waals surface area contributed by atoms with Crippen LogP contribution < -0.4 is 10.6 Å². The number of rotatable bonds is 4. The van der Waals surface area contributed by atoms with Crippen LogP contribution in [0.1, 0.15) is 64.7 Å². The molecule has 3 heterocycles. The van der Waals surface area contributed by atoms with Crippen molar-refractivity contribution in [2.45, 2.75) is 92.0 Å². The van der Waals surface area contributed by atoms with Crippen molar-refractivity contribution in [3.8, 4) is 0 Å². The molecule has 3 saturated heterocycles. The van der Waals surface area contributed by atoms with Crippen LogP contribution in [0, 0.1) is 17.8 Å². The fourth-order valence-electron chi connectivity index (χ4n) is 6.55. The fraction of sp³-hybridized carbons (Fsp3) is 0.917. The van der Waals surface area contributed by atoms with Gasteiger partial charge in [-0.3, -0.25) is 14.9 Å². The first-order chi connectivity index (χ1) is 15.6. The summed E-state index contributed by atoms with van der Waals surface area (Å²) >= 11 is 3.70. The summed E-state index contributed by atoms with van der Waals surface area (Å²) in [6.07, 6.45) is 11.4. The molecule has 5 fully saturated rings. The van der Waals surface area contributed by atoms with Crippen LogP contribution in [0.2, 0.25) is 0 Å². The van der Waals surface area contributed by atoms with Gasteiger partial charge in [0.1, 0.15) is 5.37 Å². The van der Waals surface area contributed by atoms with E-state index in [0.29, 0.717) is 48.8 Å². The Morgan fingerprint density at radius 1 is 0.969 bits per heavy atom. The van der Waals surface area contributed by atoms with E-state index >= 15 is 0 Å². The van der Waals surface area contributed by atoms with Crippen molar-refractivity contribution in [3.63, 3.8) is 0 Å². The summed E-state index contributed by atoms with van der Waals surface area (Å²) in [4.78, 5) is 28.9. The fourth-order valence-corrected chi connectivity index (χ4v) is 10.0. The molecule has 32 heavy (non-hydrogen) atoms. The van der Waals surface area contributed by atoms with Crippen LogP contribution in [-0.4, -0.2) is 70.3 Å². The Morgan fingerprint density at radius 2 is 1.69 bits per heavy atom. The molecule has 0 aromatic rings. The SMILES string of the molecule is CC1C(C2CCCCC2)SC(NC(=O)C2NC3CCCCC3S2)C1C(=O)N1CCOCC1. The summed E-state index contributed by atoms with van der Waals surface area (Å²) in [6, 6.07) is 0.473. The number of hydrogen-bond donors (Lipinski definition) is 2. The number of amides is 2. The molecule has 2 amide bonds. The van der Waals surface area contributed by atoms with Gasteiger partial charge in [-0.2, -0.15) is 0 Å². The van der Waals surface area contributed by atoms with Crippen molar-refractivity contribution >= 4 is 35.3 Å². The second-order valence-corrected chi connectivity index (χ2v) is 13.0. The van der Waals surface area contributed by atoms with Crippen LogP contribution in [0.15, 0.2) is 0 Å². The van der Waals surface area contributed by atoms with E-state index in [0.717, 1.165) is 0 Å². The van der Waals surface area contributed by atoms with Crippen molar-refractivity contribution in [1.29, 1.82) is 0 Å². The van der Waals surface area contributed by atoms with Gasteiger partial charge in [0.25, 0.3) is 0 Å². The normalized spacial score (nSPS) is 40.8. The smallest absolute Gasteiger partial charge is 0.248 e. The molecule has 3 aliphatic heterocycles. The standard InChI is InChI=1S/C24H39N3O3S2/c1-15-19(24(29)27-11-13-30-14-12-27)22(32-20(15)16-7-3-2-4-8-16)26-21(28)23-25-17-9-5-6-10-18(17)31-23/h15-20,22-23,25H,2-14H2,1H3,(H,26,28). The first-order valence-electron chi connectivity index (χ1n) is 12.9. The zero-order valence-corrected chi connectivity index (χ0v) is 20.9. The average Bonchev–Trinajstić information content (AvgIpc) is 3.41. The molecule has 7 unspecified atom stereocenters. The highest BCUT2D eigenvalue weighted by atomic mass is 32.2. The van der Waals surface area contributed by atoms with Gasteiger partial charge in [0.15, 0.2) is 0 Å². The Morgan fingerprint density at radius 3 is 2.44 bits per heavy atom. The second-order valence-electron chi connectivity index (χ2n) is 10.4. The highest BCUT2D eigenvalue weighted by molar-refractivity contribution is 8.01. The minimum Gasteiger partial charge on any atom is -0.378 e. The minimum atomic E-state index is -0.174. The van der Waals surface area contributed by atoms with Gasteiger partial charge in [0.05, 0.1) is 24.5 Å². The minimum absolute atomic E-state index is 0.0816. The largest absolute Gasteiger partial charge is 0.378 e. The third-order valence-corrected chi connectivity index (χ3v) is 11.7. The van der Waals surface area contributed by atoms with Gasteiger partial charge in [0, 0.05) is 29.6 Å². The Kier molecular flexibility index (Phi) is 7.61. The maximum atomic E-state index is 13.6. The molecular formula is C24H39N3O3S2. The number of fused-ring (bicyclic) bond motifs is 1. The van der Waals surface area contributed by atoms with Crippen LogP contribution in [0.5, 0.6) is 0 Å². The van der Waals surface area contributed by atoms with Gasteiger partial charge in [-0.05, 0) is 37.5 Å². The summed E-state index contributed by atoms with van der Waals surface area (Å²) in [5.74, 6) is 1.13. The summed E-state index contributed by atoms with van der Waals surface area (Å²) in [5, 5.41) is 7.68. The van der Waals surface area contributed by atoms with E-state index in [9.17, 15) is 9.59 Å². The van der Waals surface area contributed by atoms with E-state index in [2.05, 4.69) is 17.6 Å². The van der Waals surface area contributed by atoms with E-state index < -0.39 is 0 Å². The lowest BCUT2D eigenvalue weighted by molar-refractivity contribution is -0.141. The molecule has 8 heteroatoms. The lowest BCUT2D eigenvalue weighted by Crippen LogP contribution is -2.52. The van der Waals surface area contributed by atoms with Crippen molar-refractivity contribution in [2.75, 3.05) is 26.3 Å². The van der Waals surface area contributed by atoms with Crippen molar-refractivity contribution < 1.29 is 14.3 Å². The molecule has 2 saturated carbocycles. The number of morpholine rings is 1. The van der Waals surface area contributed by atoms with Crippen LogP contribution in [-0.2, 0) is 14.3 Å². The molecule has 7 atom stereocenters. The third kappa shape index (κ3) is 4.84. The van der Waals surface area contributed by atoms with Crippen molar-refractivity contribution in [1.82, 2.24) is 15.5 Å². The van der Waals surface area contributed by atoms with E-state index in [4.69, 9.17) is 4.74 Å². The Labute approximate surface area is 201 Å². The summed E-state index contributed by atoms with van der Waals surface area (Å²) < 4.78 is 5.48. The molecule has 0 radical (unpaired) electrons. The molecule has 0 bridgehead atoms. The number of carbonyl (C=O) groups excluding carboxylic acids is 2. The second kappa shape index (κ2) is 10.4. The van der Waals surface area contributed by atoms with Crippen LogP contribution in [0.3, 0.4) is 0 Å². The topological polar surface area (TPSA) is 70.7 Å². The highest BCUT2D eigenvalue weighted by Crippen LogP contribution is 2.49. The van der Waals surface area contributed by atoms with Gasteiger partial charge in [0.2, 0.25) is 11.8 Å². The molecule has 5 rings (SSSR count). The predicted octanol–water partition coefficient (Wildman–Crippen LogP) is 3.21. The molecule has 180 valence electrons. The molecule has 5 aliphatic rings. The number of carbonyl (C=O) groups is 2. The lowest BCUT2D eigenvalue weighted by Gasteiger charge is -2.33. The number of ether oxygens (including phenoxy) is 1. The van der Waals surface area contributed by atoms with Crippen LogP contribution in [0.4, 0.5) is 0 Å². The van der Waals surface area contributed by atoms with Gasteiger partial charge in [-0.1, -0.05) is 39.0 Å². The van der Waals surface area contributed by atoms with Gasteiger partial charge >= 0.3 is 0 Å². The number of thioether (sulfide) groups is 2. The van der Waals surface area contributed by atoms with E-state index in [-0.39, 0.29) is 34.4 Å². The quantitative estimate of drug-likeness (QED) is 0.643. The van der Waals surface area contributed by atoms with Crippen LogP contribution in [0.25, 0.3) is 0 Å². The van der Waals surface area contributed by atoms with Crippen molar-refractivity contribution in [3.05, 3.63) is 0 Å². The molecular weight excluding hydrogens is 442 g/mol. The average molecular weight is 482 g/mol. The number of nitrogens with one attached hydrogen (secondary N) is 2. The molecule has 2 N–H and O–H groups in total. The highest BCUT2D eigenvalue weighted by Gasteiger charge is 2.50. The van der Waals surface area contributed by atoms with E-state index in [1.54, 1.807) is 0 Å². The number of hydrogen-bond acceptors (Lipinski definition) is 6. The van der Waals surface area contributed by atoms with Crippen LogP contribution >= 0.6 is 23.5 Å². The zero-order chi connectivity index (χ0) is 22.1. The number of nitrogens with zero attached hydrogens (tertiary/aromatic N) is 1. The third-order valence-electron chi connectivity index (χ3n) is 8.34. The van der Waals surface area contributed by atoms with E-state index in [1.165, 1.54) is 57.8 Å². The Bertz CT molecular complexity index is 669. The maximum Gasteiger partial charge on any atom is 0.248 e. The first kappa shape index (κ1) is 23.3. The van der Waals surface area contributed by atoms with Gasteiger partial charge in [-0.15, -0.1) is 23.5 Å². The monoisotopic (exact) mass is 481 g/mol. The molecule has 2 aliphatic carbocycles. The van der Waals surface area contributed by atoms with E-state index in [1.807, 2.05) is 28.4 Å². The van der Waals surface area contributed by atoms with Gasteiger partial charge in [-0.25, -0.2) is 0 Å². The molecule has 6 nitrogen and oxygen atoms in total.